The molecule has 2 nitrogen and oxygen atoms in total. The minimum absolute atomic E-state index is 0.00699. The second-order valence-electron chi connectivity index (χ2n) is 4.03. The summed E-state index contributed by atoms with van der Waals surface area (Å²) in [6.07, 6.45) is 2.02. The van der Waals surface area contributed by atoms with E-state index >= 15 is 0 Å². The van der Waals surface area contributed by atoms with Crippen molar-refractivity contribution in [3.8, 4) is 0 Å². The van der Waals surface area contributed by atoms with Crippen molar-refractivity contribution in [1.29, 1.82) is 0 Å². The highest BCUT2D eigenvalue weighted by atomic mass is 79.9. The summed E-state index contributed by atoms with van der Waals surface area (Å²) in [7, 11) is 0. The lowest BCUT2D eigenvalue weighted by atomic mass is 10.1. The minimum Gasteiger partial charge on any atom is -0.466 e. The molecule has 1 rings (SSSR count). The van der Waals surface area contributed by atoms with E-state index in [1.165, 1.54) is 0 Å². The van der Waals surface area contributed by atoms with Crippen LogP contribution in [0.2, 0.25) is 0 Å². The standard InChI is InChI=1S/C10H14Br2O2/c1-4-14-9(13)8-6(5-7(11)12)10(8,2)3/h5-6,8H,4H2,1-3H3. The Labute approximate surface area is 101 Å². The number of rotatable bonds is 3. The van der Waals surface area contributed by atoms with E-state index in [9.17, 15) is 4.79 Å². The van der Waals surface area contributed by atoms with Crippen LogP contribution in [0.25, 0.3) is 0 Å². The molecule has 0 saturated heterocycles. The Morgan fingerprint density at radius 3 is 2.50 bits per heavy atom. The zero-order chi connectivity index (χ0) is 10.9. The maximum Gasteiger partial charge on any atom is 0.310 e. The number of allylic oxidation sites excluding steroid dienone is 1. The Morgan fingerprint density at radius 2 is 2.07 bits per heavy atom. The van der Waals surface area contributed by atoms with Crippen molar-refractivity contribution in [3.05, 3.63) is 9.47 Å². The molecule has 0 spiro atoms. The van der Waals surface area contributed by atoms with Gasteiger partial charge in [-0.05, 0) is 50.1 Å². The normalized spacial score (nSPS) is 28.1. The number of hydrogen-bond donors (Lipinski definition) is 0. The van der Waals surface area contributed by atoms with Crippen LogP contribution in [0.1, 0.15) is 20.8 Å². The number of halogens is 2. The second kappa shape index (κ2) is 4.35. The molecule has 0 aromatic carbocycles. The van der Waals surface area contributed by atoms with Gasteiger partial charge in [-0.1, -0.05) is 19.9 Å². The van der Waals surface area contributed by atoms with E-state index in [1.54, 1.807) is 0 Å². The van der Waals surface area contributed by atoms with Gasteiger partial charge in [-0.15, -0.1) is 0 Å². The molecular formula is C10H14Br2O2. The van der Waals surface area contributed by atoms with E-state index in [0.29, 0.717) is 6.61 Å². The minimum atomic E-state index is -0.0833. The monoisotopic (exact) mass is 324 g/mol. The molecule has 14 heavy (non-hydrogen) atoms. The first-order chi connectivity index (χ1) is 6.41. The molecule has 0 aliphatic heterocycles. The molecule has 0 amide bonds. The van der Waals surface area contributed by atoms with Crippen molar-refractivity contribution in [2.24, 2.45) is 17.3 Å². The average molecular weight is 326 g/mol. The summed E-state index contributed by atoms with van der Waals surface area (Å²) >= 11 is 6.62. The lowest BCUT2D eigenvalue weighted by Crippen LogP contribution is -2.10. The Hall–Kier alpha value is 0.170. The summed E-state index contributed by atoms with van der Waals surface area (Å²) in [6.45, 7) is 6.45. The average Bonchev–Trinajstić information content (AvgIpc) is 2.52. The molecule has 2 unspecified atom stereocenters. The maximum absolute atomic E-state index is 11.5. The van der Waals surface area contributed by atoms with Gasteiger partial charge in [0.1, 0.15) is 0 Å². The third-order valence-electron chi connectivity index (χ3n) is 2.76. The molecule has 80 valence electrons. The molecule has 2 atom stereocenters. The summed E-state index contributed by atoms with van der Waals surface area (Å²) in [5.74, 6) is 0.197. The molecule has 4 heteroatoms. The smallest absolute Gasteiger partial charge is 0.310 e. The van der Waals surface area contributed by atoms with Gasteiger partial charge in [0.2, 0.25) is 0 Å². The number of hydrogen-bond acceptors (Lipinski definition) is 2. The van der Waals surface area contributed by atoms with E-state index in [2.05, 4.69) is 45.7 Å². The molecule has 0 aromatic heterocycles. The lowest BCUT2D eigenvalue weighted by Gasteiger charge is -2.01. The van der Waals surface area contributed by atoms with Gasteiger partial charge in [0.05, 0.1) is 15.9 Å². The van der Waals surface area contributed by atoms with Gasteiger partial charge >= 0.3 is 5.97 Å². The van der Waals surface area contributed by atoms with E-state index in [-0.39, 0.29) is 23.2 Å². The van der Waals surface area contributed by atoms with Gasteiger partial charge in [-0.2, -0.15) is 0 Å². The van der Waals surface area contributed by atoms with Crippen molar-refractivity contribution in [2.45, 2.75) is 20.8 Å². The van der Waals surface area contributed by atoms with Gasteiger partial charge in [-0.3, -0.25) is 4.79 Å². The summed E-state index contributed by atoms with van der Waals surface area (Å²) in [4.78, 5) is 11.5. The first kappa shape index (κ1) is 12.2. The molecule has 1 aliphatic carbocycles. The van der Waals surface area contributed by atoms with Crippen LogP contribution in [-0.2, 0) is 9.53 Å². The largest absolute Gasteiger partial charge is 0.466 e. The van der Waals surface area contributed by atoms with Crippen LogP contribution in [0.4, 0.5) is 0 Å². The molecule has 0 bridgehead atoms. The zero-order valence-electron chi connectivity index (χ0n) is 8.51. The molecule has 0 radical (unpaired) electrons. The maximum atomic E-state index is 11.5. The summed E-state index contributed by atoms with van der Waals surface area (Å²) in [5.41, 5.74) is 0.0268. The number of carbonyl (C=O) groups excluding carboxylic acids is 1. The van der Waals surface area contributed by atoms with Crippen LogP contribution in [0.5, 0.6) is 0 Å². The van der Waals surface area contributed by atoms with E-state index < -0.39 is 0 Å². The van der Waals surface area contributed by atoms with Gasteiger partial charge in [0, 0.05) is 0 Å². The summed E-state index contributed by atoms with van der Waals surface area (Å²) < 4.78 is 5.91. The topological polar surface area (TPSA) is 26.3 Å². The first-order valence-corrected chi connectivity index (χ1v) is 6.19. The number of ether oxygens (including phenoxy) is 1. The molecule has 0 heterocycles. The Balaban J connectivity index is 2.66. The van der Waals surface area contributed by atoms with Crippen LogP contribution in [-0.4, -0.2) is 12.6 Å². The molecular weight excluding hydrogens is 312 g/mol. The van der Waals surface area contributed by atoms with Gasteiger partial charge < -0.3 is 4.74 Å². The van der Waals surface area contributed by atoms with Gasteiger partial charge in [0.15, 0.2) is 0 Å². The Kier molecular flexibility index (Phi) is 3.81. The third-order valence-corrected chi connectivity index (χ3v) is 3.29. The zero-order valence-corrected chi connectivity index (χ0v) is 11.7. The molecule has 0 N–H and O–H groups in total. The van der Waals surface area contributed by atoms with Crippen LogP contribution >= 0.6 is 31.9 Å². The molecule has 1 aliphatic rings. The quantitative estimate of drug-likeness (QED) is 0.743. The van der Waals surface area contributed by atoms with Crippen molar-refractivity contribution >= 4 is 37.8 Å². The first-order valence-electron chi connectivity index (χ1n) is 4.60. The summed E-state index contributed by atoms with van der Waals surface area (Å²) in [5, 5.41) is 0. The molecule has 1 saturated carbocycles. The fourth-order valence-electron chi connectivity index (χ4n) is 1.81. The number of carbonyl (C=O) groups is 1. The van der Waals surface area contributed by atoms with Gasteiger partial charge in [-0.25, -0.2) is 0 Å². The van der Waals surface area contributed by atoms with Crippen LogP contribution in [0, 0.1) is 17.3 Å². The lowest BCUT2D eigenvalue weighted by molar-refractivity contribution is -0.145. The van der Waals surface area contributed by atoms with Crippen molar-refractivity contribution in [1.82, 2.24) is 0 Å². The van der Waals surface area contributed by atoms with Crippen LogP contribution in [0.3, 0.4) is 0 Å². The van der Waals surface area contributed by atoms with Crippen molar-refractivity contribution in [3.63, 3.8) is 0 Å². The van der Waals surface area contributed by atoms with Crippen molar-refractivity contribution < 1.29 is 9.53 Å². The molecule has 1 fully saturated rings. The van der Waals surface area contributed by atoms with E-state index in [1.807, 2.05) is 13.0 Å². The SMILES string of the molecule is CCOC(=O)C1C(C=C(Br)Br)C1(C)C. The van der Waals surface area contributed by atoms with E-state index in [4.69, 9.17) is 4.74 Å². The Bertz CT molecular complexity index is 267. The fourth-order valence-corrected chi connectivity index (χ4v) is 2.38. The third kappa shape index (κ3) is 2.40. The Morgan fingerprint density at radius 1 is 1.50 bits per heavy atom. The van der Waals surface area contributed by atoms with Crippen molar-refractivity contribution in [2.75, 3.05) is 6.61 Å². The van der Waals surface area contributed by atoms with E-state index in [0.717, 1.165) is 3.39 Å². The van der Waals surface area contributed by atoms with Crippen LogP contribution < -0.4 is 0 Å². The second-order valence-corrected chi connectivity index (χ2v) is 6.81. The highest BCUT2D eigenvalue weighted by molar-refractivity contribution is 9.28. The fraction of sp³-hybridized carbons (Fsp3) is 0.700. The predicted octanol–water partition coefficient (Wildman–Crippen LogP) is 3.45. The molecule has 0 aromatic rings. The predicted molar refractivity (Wildman–Crippen MR) is 63.3 cm³/mol. The summed E-state index contributed by atoms with van der Waals surface area (Å²) in [6, 6.07) is 0. The number of esters is 1. The highest BCUT2D eigenvalue weighted by Crippen LogP contribution is 2.60. The van der Waals surface area contributed by atoms with Gasteiger partial charge in [0.25, 0.3) is 0 Å². The van der Waals surface area contributed by atoms with Crippen LogP contribution in [0.15, 0.2) is 9.47 Å². The highest BCUT2D eigenvalue weighted by Gasteiger charge is 2.61.